The lowest BCUT2D eigenvalue weighted by molar-refractivity contribution is -0.139. The first kappa shape index (κ1) is 21.1. The van der Waals surface area contributed by atoms with Crippen LogP contribution in [0.25, 0.3) is 0 Å². The number of hydrazine groups is 1. The van der Waals surface area contributed by atoms with Crippen LogP contribution < -0.4 is 15.8 Å². The number of ether oxygens (including phenoxy) is 1. The lowest BCUT2D eigenvalue weighted by Gasteiger charge is -2.36. The number of rotatable bonds is 5. The van der Waals surface area contributed by atoms with Gasteiger partial charge in [0.05, 0.1) is 17.8 Å². The van der Waals surface area contributed by atoms with Crippen molar-refractivity contribution in [1.29, 1.82) is 0 Å². The molecule has 31 heavy (non-hydrogen) atoms. The van der Waals surface area contributed by atoms with Crippen molar-refractivity contribution < 1.29 is 9.53 Å². The van der Waals surface area contributed by atoms with Gasteiger partial charge < -0.3 is 14.5 Å². The van der Waals surface area contributed by atoms with Crippen LogP contribution in [-0.4, -0.2) is 72.3 Å². The standard InChI is InChI=1S/C23H36N6O2/c1-31-17-7-4-6-16(14-17)22(30)29-13-5-8-20(29)21-18(15-25-27-21)19-9-10-24-23(26-19)28-11-2-3-12-28/h9-10,16-18,20-21,25,27H,2-8,11-15H2,1H3. The third-order valence-electron chi connectivity index (χ3n) is 7.76. The first-order valence-corrected chi connectivity index (χ1v) is 12.1. The van der Waals surface area contributed by atoms with E-state index >= 15 is 0 Å². The molecule has 0 bridgehead atoms. The number of nitrogens with one attached hydrogen (secondary N) is 2. The van der Waals surface area contributed by atoms with Crippen LogP contribution in [0.4, 0.5) is 5.95 Å². The second-order valence-corrected chi connectivity index (χ2v) is 9.60. The highest BCUT2D eigenvalue weighted by molar-refractivity contribution is 5.79. The highest BCUT2D eigenvalue weighted by atomic mass is 16.5. The SMILES string of the molecule is COC1CCCC(C(=O)N2CCCC2C2NNCC2c2ccnc(N3CCCC3)n2)C1. The molecule has 3 aliphatic heterocycles. The third kappa shape index (κ3) is 4.30. The van der Waals surface area contributed by atoms with E-state index in [4.69, 9.17) is 9.72 Å². The molecule has 5 unspecified atom stereocenters. The molecule has 4 heterocycles. The van der Waals surface area contributed by atoms with Crippen molar-refractivity contribution in [3.05, 3.63) is 18.0 Å². The number of carbonyl (C=O) groups excluding carboxylic acids is 1. The van der Waals surface area contributed by atoms with Gasteiger partial charge in [-0.1, -0.05) is 6.42 Å². The molecule has 8 nitrogen and oxygen atoms in total. The van der Waals surface area contributed by atoms with Gasteiger partial charge >= 0.3 is 0 Å². The molecule has 2 N–H and O–H groups in total. The minimum absolute atomic E-state index is 0.105. The van der Waals surface area contributed by atoms with Crippen LogP contribution in [-0.2, 0) is 9.53 Å². The second-order valence-electron chi connectivity index (χ2n) is 9.60. The number of methoxy groups -OCH3 is 1. The van der Waals surface area contributed by atoms with E-state index in [9.17, 15) is 4.79 Å². The van der Waals surface area contributed by atoms with Crippen LogP contribution in [0.5, 0.6) is 0 Å². The monoisotopic (exact) mass is 428 g/mol. The number of carbonyl (C=O) groups is 1. The van der Waals surface area contributed by atoms with E-state index in [2.05, 4.69) is 31.7 Å². The summed E-state index contributed by atoms with van der Waals surface area (Å²) in [6.45, 7) is 3.78. The second kappa shape index (κ2) is 9.38. The van der Waals surface area contributed by atoms with E-state index in [0.717, 1.165) is 76.3 Å². The molecule has 1 aliphatic carbocycles. The Bertz CT molecular complexity index is 770. The highest BCUT2D eigenvalue weighted by Crippen LogP contribution is 2.35. The van der Waals surface area contributed by atoms with Crippen molar-refractivity contribution in [3.63, 3.8) is 0 Å². The lowest BCUT2D eigenvalue weighted by atomic mass is 9.85. The summed E-state index contributed by atoms with van der Waals surface area (Å²) in [4.78, 5) is 27.4. The van der Waals surface area contributed by atoms with Crippen LogP contribution in [0.3, 0.4) is 0 Å². The van der Waals surface area contributed by atoms with Gasteiger partial charge in [0, 0.05) is 57.4 Å². The van der Waals surface area contributed by atoms with E-state index < -0.39 is 0 Å². The summed E-state index contributed by atoms with van der Waals surface area (Å²) < 4.78 is 5.58. The van der Waals surface area contributed by atoms with Gasteiger partial charge in [0.1, 0.15) is 0 Å². The number of amides is 1. The molecule has 1 amide bonds. The zero-order valence-electron chi connectivity index (χ0n) is 18.6. The fourth-order valence-corrected chi connectivity index (χ4v) is 6.06. The van der Waals surface area contributed by atoms with Crippen LogP contribution in [0, 0.1) is 5.92 Å². The van der Waals surface area contributed by atoms with Gasteiger partial charge in [0.2, 0.25) is 11.9 Å². The lowest BCUT2D eigenvalue weighted by Crippen LogP contribution is -2.51. The maximum absolute atomic E-state index is 13.5. The topological polar surface area (TPSA) is 82.6 Å². The molecule has 0 spiro atoms. The van der Waals surface area contributed by atoms with E-state index in [-0.39, 0.29) is 30.0 Å². The van der Waals surface area contributed by atoms with Crippen molar-refractivity contribution in [3.8, 4) is 0 Å². The van der Waals surface area contributed by atoms with Gasteiger partial charge in [-0.3, -0.25) is 15.6 Å². The maximum Gasteiger partial charge on any atom is 0.226 e. The molecule has 5 atom stereocenters. The molecule has 8 heteroatoms. The average Bonchev–Trinajstić information content (AvgIpc) is 3.59. The summed E-state index contributed by atoms with van der Waals surface area (Å²) in [5.74, 6) is 1.53. The molecular weight excluding hydrogens is 392 g/mol. The summed E-state index contributed by atoms with van der Waals surface area (Å²) >= 11 is 0. The molecule has 5 rings (SSSR count). The Morgan fingerprint density at radius 1 is 1.13 bits per heavy atom. The smallest absolute Gasteiger partial charge is 0.226 e. The predicted octanol–water partition coefficient (Wildman–Crippen LogP) is 1.83. The molecular formula is C23H36N6O2. The normalized spacial score (nSPS) is 33.9. The van der Waals surface area contributed by atoms with E-state index in [0.29, 0.717) is 5.91 Å². The first-order chi connectivity index (χ1) is 15.2. The number of aromatic nitrogens is 2. The van der Waals surface area contributed by atoms with Crippen molar-refractivity contribution >= 4 is 11.9 Å². The predicted molar refractivity (Wildman–Crippen MR) is 119 cm³/mol. The van der Waals surface area contributed by atoms with E-state index in [1.165, 1.54) is 12.8 Å². The summed E-state index contributed by atoms with van der Waals surface area (Å²) in [6.07, 6.45) is 10.7. The molecule has 4 fully saturated rings. The molecule has 1 saturated carbocycles. The fourth-order valence-electron chi connectivity index (χ4n) is 6.06. The van der Waals surface area contributed by atoms with Crippen molar-refractivity contribution in [2.24, 2.45) is 5.92 Å². The summed E-state index contributed by atoms with van der Waals surface area (Å²) in [6, 6.07) is 2.44. The summed E-state index contributed by atoms with van der Waals surface area (Å²) in [7, 11) is 1.77. The number of hydrogen-bond acceptors (Lipinski definition) is 7. The Kier molecular flexibility index (Phi) is 6.39. The number of nitrogens with zero attached hydrogens (tertiary/aromatic N) is 4. The summed E-state index contributed by atoms with van der Waals surface area (Å²) in [5.41, 5.74) is 7.94. The van der Waals surface area contributed by atoms with Crippen LogP contribution in [0.2, 0.25) is 0 Å². The molecule has 1 aromatic heterocycles. The van der Waals surface area contributed by atoms with Crippen LogP contribution in [0.1, 0.15) is 63.0 Å². The fraction of sp³-hybridized carbons (Fsp3) is 0.783. The Morgan fingerprint density at radius 2 is 2.00 bits per heavy atom. The number of hydrogen-bond donors (Lipinski definition) is 2. The van der Waals surface area contributed by atoms with Crippen LogP contribution in [0.15, 0.2) is 12.3 Å². The number of likely N-dealkylation sites (tertiary alicyclic amines) is 1. The highest BCUT2D eigenvalue weighted by Gasteiger charge is 2.44. The molecule has 1 aromatic rings. The number of anilines is 1. The van der Waals surface area contributed by atoms with Gasteiger partial charge in [-0.2, -0.15) is 0 Å². The van der Waals surface area contributed by atoms with Gasteiger partial charge in [0.25, 0.3) is 0 Å². The summed E-state index contributed by atoms with van der Waals surface area (Å²) in [5, 5.41) is 0. The van der Waals surface area contributed by atoms with Crippen LogP contribution >= 0.6 is 0 Å². The van der Waals surface area contributed by atoms with Crippen molar-refractivity contribution in [2.45, 2.75) is 75.5 Å². The average molecular weight is 429 g/mol. The third-order valence-corrected chi connectivity index (χ3v) is 7.76. The minimum Gasteiger partial charge on any atom is -0.381 e. The van der Waals surface area contributed by atoms with Crippen molar-refractivity contribution in [2.75, 3.05) is 38.2 Å². The zero-order chi connectivity index (χ0) is 21.2. The molecule has 170 valence electrons. The van der Waals surface area contributed by atoms with E-state index in [1.807, 2.05) is 6.20 Å². The quantitative estimate of drug-likeness (QED) is 0.740. The maximum atomic E-state index is 13.5. The van der Waals surface area contributed by atoms with Gasteiger partial charge in [-0.05, 0) is 51.0 Å². The van der Waals surface area contributed by atoms with Gasteiger partial charge in [-0.15, -0.1) is 0 Å². The Labute approximate surface area is 185 Å². The molecule has 4 aliphatic rings. The van der Waals surface area contributed by atoms with Crippen molar-refractivity contribution in [1.82, 2.24) is 25.7 Å². The Hall–Kier alpha value is -1.77. The Balaban J connectivity index is 1.31. The minimum atomic E-state index is 0.105. The van der Waals surface area contributed by atoms with Gasteiger partial charge in [0.15, 0.2) is 0 Å². The van der Waals surface area contributed by atoms with Gasteiger partial charge in [-0.25, -0.2) is 9.97 Å². The van der Waals surface area contributed by atoms with E-state index in [1.54, 1.807) is 7.11 Å². The Morgan fingerprint density at radius 3 is 2.84 bits per heavy atom. The first-order valence-electron chi connectivity index (χ1n) is 12.1. The molecule has 3 saturated heterocycles. The zero-order valence-corrected chi connectivity index (χ0v) is 18.6. The molecule has 0 radical (unpaired) electrons. The molecule has 0 aromatic carbocycles. The largest absolute Gasteiger partial charge is 0.381 e.